The predicted octanol–water partition coefficient (Wildman–Crippen LogP) is 3.52. The van der Waals surface area contributed by atoms with Crippen LogP contribution in [0.3, 0.4) is 0 Å². The van der Waals surface area contributed by atoms with Crippen molar-refractivity contribution in [2.45, 2.75) is 32.1 Å². The van der Waals surface area contributed by atoms with Gasteiger partial charge in [0.25, 0.3) is 5.91 Å². The first-order valence-corrected chi connectivity index (χ1v) is 11.0. The normalized spacial score (nSPS) is 17.2. The second-order valence-electron chi connectivity index (χ2n) is 8.25. The molecule has 4 rings (SSSR count). The summed E-state index contributed by atoms with van der Waals surface area (Å²) in [5, 5.41) is 0. The van der Waals surface area contributed by atoms with Crippen LogP contribution in [0, 0.1) is 5.92 Å². The maximum atomic E-state index is 12.7. The molecule has 0 aliphatic carbocycles. The van der Waals surface area contributed by atoms with Crippen molar-refractivity contribution in [2.75, 3.05) is 32.8 Å². The van der Waals surface area contributed by atoms with E-state index in [0.717, 1.165) is 56.5 Å². The maximum absolute atomic E-state index is 12.7. The molecule has 0 radical (unpaired) electrons. The van der Waals surface area contributed by atoms with Crippen molar-refractivity contribution in [3.05, 3.63) is 65.7 Å². The van der Waals surface area contributed by atoms with Crippen molar-refractivity contribution in [2.24, 2.45) is 5.92 Å². The van der Waals surface area contributed by atoms with Crippen LogP contribution >= 0.6 is 0 Å². The van der Waals surface area contributed by atoms with Crippen molar-refractivity contribution >= 4 is 11.8 Å². The Morgan fingerprint density at radius 2 is 1.50 bits per heavy atom. The van der Waals surface area contributed by atoms with E-state index in [1.54, 1.807) is 0 Å². The zero-order chi connectivity index (χ0) is 20.8. The highest BCUT2D eigenvalue weighted by atomic mass is 16.5. The molecule has 0 unspecified atom stereocenters. The minimum atomic E-state index is -0.00316. The Hall–Kier alpha value is -2.82. The van der Waals surface area contributed by atoms with Crippen LogP contribution in [0.2, 0.25) is 0 Å². The van der Waals surface area contributed by atoms with Gasteiger partial charge in [-0.1, -0.05) is 48.5 Å². The van der Waals surface area contributed by atoms with Gasteiger partial charge >= 0.3 is 0 Å². The summed E-state index contributed by atoms with van der Waals surface area (Å²) >= 11 is 0. The molecular formula is C25H30N2O3. The van der Waals surface area contributed by atoms with Crippen molar-refractivity contribution in [3.8, 4) is 5.75 Å². The molecule has 0 atom stereocenters. The van der Waals surface area contributed by atoms with E-state index in [0.29, 0.717) is 13.1 Å². The van der Waals surface area contributed by atoms with Gasteiger partial charge in [0.15, 0.2) is 6.61 Å². The number of ether oxygens (including phenoxy) is 1. The van der Waals surface area contributed by atoms with Gasteiger partial charge in [-0.25, -0.2) is 0 Å². The molecular weight excluding hydrogens is 376 g/mol. The Kier molecular flexibility index (Phi) is 6.67. The van der Waals surface area contributed by atoms with Crippen LogP contribution in [0.1, 0.15) is 36.8 Å². The lowest BCUT2D eigenvalue weighted by molar-refractivity contribution is -0.140. The molecule has 2 heterocycles. The lowest BCUT2D eigenvalue weighted by Crippen LogP contribution is -2.45. The van der Waals surface area contributed by atoms with Crippen LogP contribution in [0.25, 0.3) is 0 Å². The first-order valence-electron chi connectivity index (χ1n) is 11.0. The summed E-state index contributed by atoms with van der Waals surface area (Å²) in [5.41, 5.74) is 2.29. The van der Waals surface area contributed by atoms with E-state index in [1.165, 1.54) is 5.56 Å². The lowest BCUT2D eigenvalue weighted by Gasteiger charge is -2.33. The fraction of sp³-hybridized carbons (Fsp3) is 0.440. The second-order valence-corrected chi connectivity index (χ2v) is 8.25. The summed E-state index contributed by atoms with van der Waals surface area (Å²) in [4.78, 5) is 29.1. The highest BCUT2D eigenvalue weighted by Gasteiger charge is 2.31. The van der Waals surface area contributed by atoms with E-state index in [2.05, 4.69) is 12.1 Å². The minimum Gasteiger partial charge on any atom is -0.483 e. The third kappa shape index (κ3) is 5.02. The molecule has 2 aliphatic heterocycles. The number of benzene rings is 2. The van der Waals surface area contributed by atoms with Crippen molar-refractivity contribution < 1.29 is 14.3 Å². The molecule has 2 amide bonds. The molecule has 0 N–H and O–H groups in total. The van der Waals surface area contributed by atoms with Gasteiger partial charge in [-0.05, 0) is 42.9 Å². The number of hydrogen-bond acceptors (Lipinski definition) is 3. The van der Waals surface area contributed by atoms with Crippen molar-refractivity contribution in [3.63, 3.8) is 0 Å². The number of rotatable bonds is 6. The monoisotopic (exact) mass is 406 g/mol. The third-order valence-corrected chi connectivity index (χ3v) is 6.18. The molecule has 5 nitrogen and oxygen atoms in total. The fourth-order valence-corrected chi connectivity index (χ4v) is 4.41. The van der Waals surface area contributed by atoms with Crippen LogP contribution in [0.4, 0.5) is 0 Å². The standard InChI is InChI=1S/C25H30N2O3/c28-24(26-16-12-21(13-17-26)25(29)27-14-6-7-15-27)19-30-23-11-5-4-10-22(23)18-20-8-2-1-3-9-20/h1-5,8-11,21H,6-7,12-19H2. The van der Waals surface area contributed by atoms with Crippen molar-refractivity contribution in [1.29, 1.82) is 0 Å². The first-order chi connectivity index (χ1) is 14.7. The van der Waals surface area contributed by atoms with Crippen LogP contribution in [-0.2, 0) is 16.0 Å². The maximum Gasteiger partial charge on any atom is 0.260 e. The van der Waals surface area contributed by atoms with E-state index in [9.17, 15) is 9.59 Å². The summed E-state index contributed by atoms with van der Waals surface area (Å²) in [6.45, 7) is 3.11. The molecule has 158 valence electrons. The average molecular weight is 407 g/mol. The fourth-order valence-electron chi connectivity index (χ4n) is 4.41. The Labute approximate surface area is 178 Å². The Bertz CT molecular complexity index is 854. The van der Waals surface area contributed by atoms with Crippen LogP contribution in [0.5, 0.6) is 5.75 Å². The topological polar surface area (TPSA) is 49.9 Å². The number of amides is 2. The number of nitrogens with zero attached hydrogens (tertiary/aromatic N) is 2. The molecule has 2 saturated heterocycles. The summed E-state index contributed by atoms with van der Waals surface area (Å²) < 4.78 is 5.91. The third-order valence-electron chi connectivity index (χ3n) is 6.18. The van der Waals surface area contributed by atoms with Gasteiger partial charge in [0.05, 0.1) is 0 Å². The molecule has 0 spiro atoms. The molecule has 2 aromatic rings. The molecule has 5 heteroatoms. The number of piperidine rings is 1. The Morgan fingerprint density at radius 1 is 0.833 bits per heavy atom. The van der Waals surface area contributed by atoms with Gasteiger partial charge in [0.1, 0.15) is 5.75 Å². The molecule has 2 aliphatic rings. The van der Waals surface area contributed by atoms with Gasteiger partial charge in [0, 0.05) is 38.5 Å². The van der Waals surface area contributed by atoms with Gasteiger partial charge in [-0.15, -0.1) is 0 Å². The molecule has 0 bridgehead atoms. The van der Waals surface area contributed by atoms with Crippen molar-refractivity contribution in [1.82, 2.24) is 9.80 Å². The van der Waals surface area contributed by atoms with Crippen LogP contribution < -0.4 is 4.74 Å². The van der Waals surface area contributed by atoms with Gasteiger partial charge in [-0.2, -0.15) is 0 Å². The highest BCUT2D eigenvalue weighted by molar-refractivity contribution is 5.81. The van der Waals surface area contributed by atoms with E-state index in [1.807, 2.05) is 52.3 Å². The Balaban J connectivity index is 1.28. The number of carbonyl (C=O) groups excluding carboxylic acids is 2. The summed E-state index contributed by atoms with van der Waals surface area (Å²) in [7, 11) is 0. The average Bonchev–Trinajstić information content (AvgIpc) is 3.34. The predicted molar refractivity (Wildman–Crippen MR) is 116 cm³/mol. The minimum absolute atomic E-state index is 0.00316. The zero-order valence-corrected chi connectivity index (χ0v) is 17.5. The molecule has 30 heavy (non-hydrogen) atoms. The van der Waals surface area contributed by atoms with E-state index < -0.39 is 0 Å². The first kappa shape index (κ1) is 20.5. The SMILES string of the molecule is O=C(COc1ccccc1Cc1ccccc1)N1CCC(C(=O)N2CCCC2)CC1. The molecule has 0 saturated carbocycles. The molecule has 2 fully saturated rings. The van der Waals surface area contributed by atoms with E-state index >= 15 is 0 Å². The van der Waals surface area contributed by atoms with Crippen LogP contribution in [0.15, 0.2) is 54.6 Å². The largest absolute Gasteiger partial charge is 0.483 e. The van der Waals surface area contributed by atoms with E-state index in [4.69, 9.17) is 4.74 Å². The van der Waals surface area contributed by atoms with Gasteiger partial charge in [-0.3, -0.25) is 9.59 Å². The summed E-state index contributed by atoms with van der Waals surface area (Å²) in [5.74, 6) is 1.11. The second kappa shape index (κ2) is 9.79. The number of hydrogen-bond donors (Lipinski definition) is 0. The van der Waals surface area contributed by atoms with E-state index in [-0.39, 0.29) is 24.3 Å². The van der Waals surface area contributed by atoms with Gasteiger partial charge in [0.2, 0.25) is 5.91 Å². The Morgan fingerprint density at radius 3 is 2.23 bits per heavy atom. The molecule has 0 aromatic heterocycles. The lowest BCUT2D eigenvalue weighted by atomic mass is 9.95. The van der Waals surface area contributed by atoms with Gasteiger partial charge < -0.3 is 14.5 Å². The van der Waals surface area contributed by atoms with Crippen LogP contribution in [-0.4, -0.2) is 54.4 Å². The number of carbonyl (C=O) groups is 2. The number of likely N-dealkylation sites (tertiary alicyclic amines) is 2. The number of para-hydroxylation sites is 1. The zero-order valence-electron chi connectivity index (χ0n) is 17.5. The molecule has 2 aromatic carbocycles. The summed E-state index contributed by atoms with van der Waals surface area (Å²) in [6, 6.07) is 18.1. The highest BCUT2D eigenvalue weighted by Crippen LogP contribution is 2.24. The summed E-state index contributed by atoms with van der Waals surface area (Å²) in [6.07, 6.45) is 4.52. The quantitative estimate of drug-likeness (QED) is 0.738. The smallest absolute Gasteiger partial charge is 0.260 e.